The molecule has 8 heteroatoms. The molecule has 0 aliphatic carbocycles. The largest absolute Gasteiger partial charge is 0.481 e. The minimum Gasteiger partial charge on any atom is -0.481 e. The molecule has 0 saturated carbocycles. The van der Waals surface area contributed by atoms with E-state index in [1.807, 2.05) is 0 Å². The number of thioether (sulfide) groups is 1. The normalized spacial score (nSPS) is 10.7. The zero-order chi connectivity index (χ0) is 14.0. The number of nitrogens with zero attached hydrogens (tertiary/aromatic N) is 3. The number of aliphatic carboxylic acids is 1. The van der Waals surface area contributed by atoms with Crippen LogP contribution in [0.25, 0.3) is 11.4 Å². The Morgan fingerprint density at radius 2 is 2.32 bits per heavy atom. The van der Waals surface area contributed by atoms with Crippen LogP contribution >= 0.6 is 27.7 Å². The van der Waals surface area contributed by atoms with Gasteiger partial charge in [-0.05, 0) is 34.1 Å². The second-order valence-corrected chi connectivity index (χ2v) is 5.45. The van der Waals surface area contributed by atoms with E-state index in [0.29, 0.717) is 21.0 Å². The number of aromatic nitrogens is 3. The second kappa shape index (κ2) is 5.70. The maximum absolute atomic E-state index is 13.0. The van der Waals surface area contributed by atoms with Crippen LogP contribution in [0, 0.1) is 5.82 Å². The molecule has 0 bridgehead atoms. The summed E-state index contributed by atoms with van der Waals surface area (Å²) in [5, 5.41) is 13.3. The highest BCUT2D eigenvalue weighted by Crippen LogP contribution is 2.28. The molecule has 0 aliphatic rings. The van der Waals surface area contributed by atoms with E-state index in [1.165, 1.54) is 16.8 Å². The third-order valence-electron chi connectivity index (χ3n) is 2.22. The van der Waals surface area contributed by atoms with Crippen molar-refractivity contribution in [2.45, 2.75) is 5.16 Å². The fourth-order valence-corrected chi connectivity index (χ4v) is 2.57. The van der Waals surface area contributed by atoms with Crippen molar-refractivity contribution in [3.05, 3.63) is 28.5 Å². The van der Waals surface area contributed by atoms with Crippen LogP contribution in [-0.4, -0.2) is 31.6 Å². The van der Waals surface area contributed by atoms with Crippen molar-refractivity contribution in [2.75, 3.05) is 5.75 Å². The SMILES string of the molecule is Cn1nc(-c2ccc(F)cc2Br)nc1SCC(=O)O. The highest BCUT2D eigenvalue weighted by atomic mass is 79.9. The molecule has 0 amide bonds. The van der Waals surface area contributed by atoms with Crippen molar-refractivity contribution in [3.8, 4) is 11.4 Å². The number of halogens is 2. The van der Waals surface area contributed by atoms with Gasteiger partial charge in [0.2, 0.25) is 0 Å². The Hall–Kier alpha value is -1.41. The van der Waals surface area contributed by atoms with E-state index in [9.17, 15) is 9.18 Å². The average molecular weight is 346 g/mol. The van der Waals surface area contributed by atoms with Gasteiger partial charge >= 0.3 is 5.97 Å². The van der Waals surface area contributed by atoms with Crippen LogP contribution in [0.1, 0.15) is 0 Å². The number of benzene rings is 1. The molecule has 0 unspecified atom stereocenters. The molecule has 1 aromatic carbocycles. The number of hydrogen-bond donors (Lipinski definition) is 1. The maximum Gasteiger partial charge on any atom is 0.313 e. The first-order valence-electron chi connectivity index (χ1n) is 5.18. The van der Waals surface area contributed by atoms with E-state index in [2.05, 4.69) is 26.0 Å². The van der Waals surface area contributed by atoms with Gasteiger partial charge in [-0.3, -0.25) is 4.79 Å². The van der Waals surface area contributed by atoms with Crippen LogP contribution in [0.4, 0.5) is 4.39 Å². The Kier molecular flexibility index (Phi) is 4.20. The summed E-state index contributed by atoms with van der Waals surface area (Å²) in [5.74, 6) is -0.942. The number of rotatable bonds is 4. The van der Waals surface area contributed by atoms with E-state index in [0.717, 1.165) is 11.8 Å². The van der Waals surface area contributed by atoms with Gasteiger partial charge in [-0.25, -0.2) is 14.1 Å². The molecular formula is C11H9BrFN3O2S. The minimum atomic E-state index is -0.919. The van der Waals surface area contributed by atoms with Crippen molar-refractivity contribution in [1.82, 2.24) is 14.8 Å². The zero-order valence-electron chi connectivity index (χ0n) is 9.80. The lowest BCUT2D eigenvalue weighted by Gasteiger charge is -1.98. The smallest absolute Gasteiger partial charge is 0.313 e. The van der Waals surface area contributed by atoms with Crippen LogP contribution in [0.15, 0.2) is 27.8 Å². The molecule has 0 radical (unpaired) electrons. The summed E-state index contributed by atoms with van der Waals surface area (Å²) < 4.78 is 15.1. The zero-order valence-corrected chi connectivity index (χ0v) is 12.2. The molecule has 0 saturated heterocycles. The van der Waals surface area contributed by atoms with Gasteiger partial charge in [-0.15, -0.1) is 0 Å². The van der Waals surface area contributed by atoms with Crippen LogP contribution in [0.5, 0.6) is 0 Å². The van der Waals surface area contributed by atoms with Crippen LogP contribution in [0.3, 0.4) is 0 Å². The van der Waals surface area contributed by atoms with Crippen molar-refractivity contribution in [2.24, 2.45) is 7.05 Å². The molecule has 1 N–H and O–H groups in total. The van der Waals surface area contributed by atoms with Gasteiger partial charge in [-0.2, -0.15) is 5.10 Å². The van der Waals surface area contributed by atoms with Gasteiger partial charge in [0.05, 0.1) is 5.75 Å². The van der Waals surface area contributed by atoms with Crippen molar-refractivity contribution in [3.63, 3.8) is 0 Å². The summed E-state index contributed by atoms with van der Waals surface area (Å²) in [6, 6.07) is 4.22. The summed E-state index contributed by atoms with van der Waals surface area (Å²) in [6.45, 7) is 0. The van der Waals surface area contributed by atoms with Crippen molar-refractivity contribution in [1.29, 1.82) is 0 Å². The van der Waals surface area contributed by atoms with E-state index < -0.39 is 5.97 Å². The predicted octanol–water partition coefficient (Wildman–Crippen LogP) is 2.56. The van der Waals surface area contributed by atoms with Crippen molar-refractivity contribution >= 4 is 33.7 Å². The van der Waals surface area contributed by atoms with E-state index in [4.69, 9.17) is 5.11 Å². The van der Waals surface area contributed by atoms with E-state index in [-0.39, 0.29) is 11.6 Å². The number of carboxylic acids is 1. The lowest BCUT2D eigenvalue weighted by atomic mass is 10.2. The molecule has 2 rings (SSSR count). The summed E-state index contributed by atoms with van der Waals surface area (Å²) >= 11 is 4.33. The summed E-state index contributed by atoms with van der Waals surface area (Å²) in [4.78, 5) is 14.8. The fourth-order valence-electron chi connectivity index (χ4n) is 1.41. The summed E-state index contributed by atoms with van der Waals surface area (Å²) in [7, 11) is 1.68. The number of carbonyl (C=O) groups is 1. The summed E-state index contributed by atoms with van der Waals surface area (Å²) in [5.41, 5.74) is 0.652. The van der Waals surface area contributed by atoms with Gasteiger partial charge in [0.25, 0.3) is 0 Å². The molecule has 0 atom stereocenters. The Balaban J connectivity index is 2.31. The molecule has 1 heterocycles. The minimum absolute atomic E-state index is 0.0867. The molecule has 0 aliphatic heterocycles. The Bertz CT molecular complexity index is 632. The highest BCUT2D eigenvalue weighted by Gasteiger charge is 2.13. The number of carboxylic acid groups (broad SMARTS) is 1. The van der Waals surface area contributed by atoms with E-state index >= 15 is 0 Å². The number of aryl methyl sites for hydroxylation is 1. The maximum atomic E-state index is 13.0. The molecule has 2 aromatic rings. The van der Waals surface area contributed by atoms with Crippen LogP contribution < -0.4 is 0 Å². The fraction of sp³-hybridized carbons (Fsp3) is 0.182. The molecule has 1 aromatic heterocycles. The third kappa shape index (κ3) is 3.32. The standard InChI is InChI=1S/C11H9BrFN3O2S/c1-16-11(19-5-9(17)18)14-10(15-16)7-3-2-6(13)4-8(7)12/h2-4H,5H2,1H3,(H,17,18). The van der Waals surface area contributed by atoms with Gasteiger partial charge < -0.3 is 5.11 Å². The molecule has 100 valence electrons. The Labute approximate surface area is 121 Å². The van der Waals surface area contributed by atoms with Crippen LogP contribution in [0.2, 0.25) is 0 Å². The molecule has 0 spiro atoms. The molecule has 19 heavy (non-hydrogen) atoms. The van der Waals surface area contributed by atoms with Gasteiger partial charge in [0.1, 0.15) is 5.82 Å². The van der Waals surface area contributed by atoms with Gasteiger partial charge in [0.15, 0.2) is 11.0 Å². The first-order chi connectivity index (χ1) is 8.97. The van der Waals surface area contributed by atoms with Gasteiger partial charge in [-0.1, -0.05) is 11.8 Å². The second-order valence-electron chi connectivity index (χ2n) is 3.65. The van der Waals surface area contributed by atoms with Gasteiger partial charge in [0, 0.05) is 17.1 Å². The Morgan fingerprint density at radius 3 is 2.95 bits per heavy atom. The Morgan fingerprint density at radius 1 is 1.58 bits per heavy atom. The molecular weight excluding hydrogens is 337 g/mol. The third-order valence-corrected chi connectivity index (χ3v) is 3.88. The predicted molar refractivity (Wildman–Crippen MR) is 72.5 cm³/mol. The number of hydrogen-bond acceptors (Lipinski definition) is 4. The lowest BCUT2D eigenvalue weighted by Crippen LogP contribution is -2.00. The molecule has 5 nitrogen and oxygen atoms in total. The first-order valence-corrected chi connectivity index (χ1v) is 6.96. The summed E-state index contributed by atoms with van der Waals surface area (Å²) in [6.07, 6.45) is 0. The van der Waals surface area contributed by atoms with Crippen molar-refractivity contribution < 1.29 is 14.3 Å². The van der Waals surface area contributed by atoms with E-state index in [1.54, 1.807) is 13.1 Å². The van der Waals surface area contributed by atoms with Crippen LogP contribution in [-0.2, 0) is 11.8 Å². The highest BCUT2D eigenvalue weighted by molar-refractivity contribution is 9.10. The first kappa shape index (κ1) is 14.0. The average Bonchev–Trinajstić information content (AvgIpc) is 2.67. The lowest BCUT2D eigenvalue weighted by molar-refractivity contribution is -0.133. The quantitative estimate of drug-likeness (QED) is 0.862. The molecule has 0 fully saturated rings. The topological polar surface area (TPSA) is 68.0 Å². The monoisotopic (exact) mass is 345 g/mol.